The number of nitrogens with zero attached hydrogens (tertiary/aromatic N) is 1. The average molecular weight is 216 g/mol. The molecule has 1 heterocycles. The molecule has 3 nitrogen and oxygen atoms in total. The van der Waals surface area contributed by atoms with Crippen molar-refractivity contribution >= 4 is 17.7 Å². The Hall–Kier alpha value is -0.220. The van der Waals surface area contributed by atoms with E-state index in [-0.39, 0.29) is 16.7 Å². The highest BCUT2D eigenvalue weighted by Gasteiger charge is 2.30. The third-order valence-corrected chi connectivity index (χ3v) is 3.84. The van der Waals surface area contributed by atoms with E-state index in [0.29, 0.717) is 0 Å². The summed E-state index contributed by atoms with van der Waals surface area (Å²) in [6, 6.07) is -0.0612. The molecule has 0 aromatic carbocycles. The van der Waals surface area contributed by atoms with E-state index in [9.17, 15) is 4.79 Å². The van der Waals surface area contributed by atoms with Gasteiger partial charge in [-0.2, -0.15) is 11.8 Å². The molecule has 0 aromatic rings. The lowest BCUT2D eigenvalue weighted by atomic mass is 10.1. The van der Waals surface area contributed by atoms with Crippen molar-refractivity contribution in [3.05, 3.63) is 0 Å². The third kappa shape index (κ3) is 2.89. The largest absolute Gasteiger partial charge is 0.339 e. The number of likely N-dealkylation sites (N-methyl/N-ethyl adjacent to an activating group) is 1. The second kappa shape index (κ2) is 4.53. The molecule has 1 rings (SSSR count). The molecule has 1 amide bonds. The summed E-state index contributed by atoms with van der Waals surface area (Å²) in [4.78, 5) is 13.8. The van der Waals surface area contributed by atoms with Gasteiger partial charge in [0.15, 0.2) is 0 Å². The molecule has 1 atom stereocenters. The fourth-order valence-electron chi connectivity index (χ4n) is 1.60. The molecule has 0 radical (unpaired) electrons. The van der Waals surface area contributed by atoms with Gasteiger partial charge in [0.2, 0.25) is 5.91 Å². The number of nitrogens with one attached hydrogen (secondary N) is 1. The van der Waals surface area contributed by atoms with Crippen LogP contribution in [0.25, 0.3) is 0 Å². The number of hydrogen-bond acceptors (Lipinski definition) is 3. The summed E-state index contributed by atoms with van der Waals surface area (Å²) in [7, 11) is 1.83. The molecule has 1 unspecified atom stereocenters. The molecule has 1 saturated heterocycles. The Morgan fingerprint density at radius 3 is 2.71 bits per heavy atom. The molecule has 0 aliphatic carbocycles. The standard InChI is InChI=1S/C10H20N2OS/c1-8(11-4)9(13)12-5-6-14-10(2,3)7-12/h8,11H,5-7H2,1-4H3. The van der Waals surface area contributed by atoms with Crippen molar-refractivity contribution in [2.24, 2.45) is 0 Å². The zero-order valence-corrected chi connectivity index (χ0v) is 10.3. The van der Waals surface area contributed by atoms with Crippen LogP contribution < -0.4 is 5.32 Å². The first-order valence-electron chi connectivity index (χ1n) is 5.06. The van der Waals surface area contributed by atoms with Crippen LogP contribution in [0.2, 0.25) is 0 Å². The summed E-state index contributed by atoms with van der Waals surface area (Å²) in [5.41, 5.74) is 0. The molecule has 1 aliphatic heterocycles. The molecule has 0 spiro atoms. The van der Waals surface area contributed by atoms with E-state index < -0.39 is 0 Å². The molecule has 0 aromatic heterocycles. The number of carbonyl (C=O) groups is 1. The maximum absolute atomic E-state index is 11.9. The molecule has 4 heteroatoms. The first-order chi connectivity index (χ1) is 6.46. The summed E-state index contributed by atoms with van der Waals surface area (Å²) in [5.74, 6) is 1.27. The Balaban J connectivity index is 2.56. The predicted molar refractivity (Wildman–Crippen MR) is 61.6 cm³/mol. The minimum absolute atomic E-state index is 0.0612. The van der Waals surface area contributed by atoms with E-state index in [2.05, 4.69) is 19.2 Å². The molecular formula is C10H20N2OS. The third-order valence-electron chi connectivity index (χ3n) is 2.54. The van der Waals surface area contributed by atoms with Crippen LogP contribution in [-0.4, -0.2) is 47.5 Å². The quantitative estimate of drug-likeness (QED) is 0.746. The van der Waals surface area contributed by atoms with Crippen molar-refractivity contribution in [2.75, 3.05) is 25.9 Å². The van der Waals surface area contributed by atoms with Gasteiger partial charge in [-0.1, -0.05) is 0 Å². The summed E-state index contributed by atoms with van der Waals surface area (Å²) >= 11 is 1.95. The maximum Gasteiger partial charge on any atom is 0.239 e. The number of rotatable bonds is 2. The molecule has 1 fully saturated rings. The van der Waals surface area contributed by atoms with Gasteiger partial charge in [0.05, 0.1) is 6.04 Å². The first kappa shape index (κ1) is 11.9. The van der Waals surface area contributed by atoms with Crippen LogP contribution in [-0.2, 0) is 4.79 Å². The lowest BCUT2D eigenvalue weighted by Gasteiger charge is -2.38. The Bertz CT molecular complexity index is 218. The average Bonchev–Trinajstić information content (AvgIpc) is 2.14. The normalized spacial score (nSPS) is 23.3. The summed E-state index contributed by atoms with van der Waals surface area (Å²) in [6.45, 7) is 8.06. The second-order valence-electron chi connectivity index (χ2n) is 4.38. The van der Waals surface area contributed by atoms with E-state index in [1.807, 2.05) is 30.6 Å². The zero-order valence-electron chi connectivity index (χ0n) is 9.46. The first-order valence-corrected chi connectivity index (χ1v) is 6.05. The summed E-state index contributed by atoms with van der Waals surface area (Å²) < 4.78 is 0.210. The minimum Gasteiger partial charge on any atom is -0.339 e. The second-order valence-corrected chi connectivity index (χ2v) is 6.18. The van der Waals surface area contributed by atoms with Gasteiger partial charge in [0.25, 0.3) is 0 Å². The van der Waals surface area contributed by atoms with E-state index in [1.54, 1.807) is 0 Å². The van der Waals surface area contributed by atoms with Gasteiger partial charge in [-0.05, 0) is 27.8 Å². The van der Waals surface area contributed by atoms with Crippen molar-refractivity contribution in [3.63, 3.8) is 0 Å². The topological polar surface area (TPSA) is 32.3 Å². The van der Waals surface area contributed by atoms with Crippen molar-refractivity contribution in [3.8, 4) is 0 Å². The highest BCUT2D eigenvalue weighted by molar-refractivity contribution is 8.00. The highest BCUT2D eigenvalue weighted by atomic mass is 32.2. The van der Waals surface area contributed by atoms with Crippen LogP contribution >= 0.6 is 11.8 Å². The van der Waals surface area contributed by atoms with Crippen molar-refractivity contribution in [2.45, 2.75) is 31.6 Å². The van der Waals surface area contributed by atoms with Gasteiger partial charge in [0.1, 0.15) is 0 Å². The van der Waals surface area contributed by atoms with E-state index in [0.717, 1.165) is 18.8 Å². The van der Waals surface area contributed by atoms with Crippen molar-refractivity contribution in [1.29, 1.82) is 0 Å². The Morgan fingerprint density at radius 1 is 1.57 bits per heavy atom. The van der Waals surface area contributed by atoms with Gasteiger partial charge < -0.3 is 10.2 Å². The van der Waals surface area contributed by atoms with Crippen LogP contribution in [0.15, 0.2) is 0 Å². The van der Waals surface area contributed by atoms with Gasteiger partial charge in [-0.25, -0.2) is 0 Å². The molecule has 1 aliphatic rings. The minimum atomic E-state index is -0.0612. The number of thioether (sulfide) groups is 1. The molecule has 1 N–H and O–H groups in total. The monoisotopic (exact) mass is 216 g/mol. The van der Waals surface area contributed by atoms with Crippen LogP contribution in [0, 0.1) is 0 Å². The molecule has 0 saturated carbocycles. The highest BCUT2D eigenvalue weighted by Crippen LogP contribution is 2.29. The van der Waals surface area contributed by atoms with Crippen LogP contribution in [0.5, 0.6) is 0 Å². The van der Waals surface area contributed by atoms with E-state index in [1.165, 1.54) is 0 Å². The van der Waals surface area contributed by atoms with Crippen molar-refractivity contribution in [1.82, 2.24) is 10.2 Å². The fraction of sp³-hybridized carbons (Fsp3) is 0.900. The Labute approximate surface area is 90.6 Å². The Morgan fingerprint density at radius 2 is 2.21 bits per heavy atom. The molecular weight excluding hydrogens is 196 g/mol. The number of hydrogen-bond donors (Lipinski definition) is 1. The fourth-order valence-corrected chi connectivity index (χ4v) is 2.71. The smallest absolute Gasteiger partial charge is 0.239 e. The molecule has 0 bridgehead atoms. The maximum atomic E-state index is 11.9. The number of amides is 1. The van der Waals surface area contributed by atoms with Crippen molar-refractivity contribution < 1.29 is 4.79 Å². The lowest BCUT2D eigenvalue weighted by molar-refractivity contribution is -0.133. The lowest BCUT2D eigenvalue weighted by Crippen LogP contribution is -2.51. The molecule has 14 heavy (non-hydrogen) atoms. The van der Waals surface area contributed by atoms with Crippen LogP contribution in [0.4, 0.5) is 0 Å². The SMILES string of the molecule is CNC(C)C(=O)N1CCSC(C)(C)C1. The summed E-state index contributed by atoms with van der Waals surface area (Å²) in [5, 5.41) is 2.99. The van der Waals surface area contributed by atoms with E-state index in [4.69, 9.17) is 0 Å². The van der Waals surface area contributed by atoms with Gasteiger partial charge in [-0.15, -0.1) is 0 Å². The Kier molecular flexibility index (Phi) is 3.84. The summed E-state index contributed by atoms with van der Waals surface area (Å²) in [6.07, 6.45) is 0. The van der Waals surface area contributed by atoms with Gasteiger partial charge in [0, 0.05) is 23.6 Å². The van der Waals surface area contributed by atoms with Gasteiger partial charge in [-0.3, -0.25) is 4.79 Å². The van der Waals surface area contributed by atoms with E-state index >= 15 is 0 Å². The van der Waals surface area contributed by atoms with Crippen LogP contribution in [0.1, 0.15) is 20.8 Å². The number of carbonyl (C=O) groups excluding carboxylic acids is 1. The van der Waals surface area contributed by atoms with Gasteiger partial charge >= 0.3 is 0 Å². The predicted octanol–water partition coefficient (Wildman–Crippen LogP) is 0.948. The zero-order chi connectivity index (χ0) is 10.8. The molecule has 82 valence electrons. The van der Waals surface area contributed by atoms with Crippen LogP contribution in [0.3, 0.4) is 0 Å².